The van der Waals surface area contributed by atoms with Gasteiger partial charge in [0.05, 0.1) is 0 Å². The SMILES string of the molecule is O=CCCC1CNc2ccccc21. The Morgan fingerprint density at radius 1 is 1.46 bits per heavy atom. The maximum absolute atomic E-state index is 10.3. The number of carbonyl (C=O) groups is 1. The van der Waals surface area contributed by atoms with Crippen molar-refractivity contribution < 1.29 is 4.79 Å². The number of rotatable bonds is 3. The van der Waals surface area contributed by atoms with Gasteiger partial charge in [-0.3, -0.25) is 0 Å². The van der Waals surface area contributed by atoms with Crippen molar-refractivity contribution in [2.45, 2.75) is 18.8 Å². The quantitative estimate of drug-likeness (QED) is 0.713. The van der Waals surface area contributed by atoms with Crippen LogP contribution in [-0.4, -0.2) is 12.8 Å². The van der Waals surface area contributed by atoms with E-state index in [1.54, 1.807) is 0 Å². The first kappa shape index (κ1) is 8.30. The molecule has 0 aliphatic carbocycles. The largest absolute Gasteiger partial charge is 0.384 e. The van der Waals surface area contributed by atoms with Crippen LogP contribution in [0.15, 0.2) is 24.3 Å². The van der Waals surface area contributed by atoms with Gasteiger partial charge in [-0.2, -0.15) is 0 Å². The van der Waals surface area contributed by atoms with Gasteiger partial charge in [0.25, 0.3) is 0 Å². The summed E-state index contributed by atoms with van der Waals surface area (Å²) in [4.78, 5) is 10.3. The summed E-state index contributed by atoms with van der Waals surface area (Å²) in [7, 11) is 0. The number of benzene rings is 1. The maximum atomic E-state index is 10.3. The first-order valence-electron chi connectivity index (χ1n) is 4.68. The van der Waals surface area contributed by atoms with Crippen molar-refractivity contribution in [1.82, 2.24) is 0 Å². The monoisotopic (exact) mass is 175 g/mol. The molecule has 2 rings (SSSR count). The Morgan fingerprint density at radius 3 is 3.15 bits per heavy atom. The van der Waals surface area contributed by atoms with Gasteiger partial charge in [-0.1, -0.05) is 18.2 Å². The second-order valence-electron chi connectivity index (χ2n) is 3.41. The van der Waals surface area contributed by atoms with E-state index in [1.807, 2.05) is 6.07 Å². The van der Waals surface area contributed by atoms with Gasteiger partial charge in [-0.25, -0.2) is 0 Å². The fourth-order valence-corrected chi connectivity index (χ4v) is 1.88. The molecule has 1 atom stereocenters. The third-order valence-corrected chi connectivity index (χ3v) is 2.57. The number of anilines is 1. The zero-order valence-corrected chi connectivity index (χ0v) is 7.49. The zero-order valence-electron chi connectivity index (χ0n) is 7.49. The second kappa shape index (κ2) is 3.60. The van der Waals surface area contributed by atoms with Crippen LogP contribution in [0, 0.1) is 0 Å². The zero-order chi connectivity index (χ0) is 9.10. The van der Waals surface area contributed by atoms with Crippen molar-refractivity contribution in [1.29, 1.82) is 0 Å². The van der Waals surface area contributed by atoms with E-state index in [0.717, 1.165) is 19.3 Å². The lowest BCUT2D eigenvalue weighted by Gasteiger charge is -2.06. The Bertz CT molecular complexity index is 309. The van der Waals surface area contributed by atoms with Crippen molar-refractivity contribution in [2.24, 2.45) is 0 Å². The van der Waals surface area contributed by atoms with E-state index in [-0.39, 0.29) is 0 Å². The van der Waals surface area contributed by atoms with Crippen LogP contribution < -0.4 is 5.32 Å². The van der Waals surface area contributed by atoms with Crippen LogP contribution in [-0.2, 0) is 4.79 Å². The minimum Gasteiger partial charge on any atom is -0.384 e. The first-order chi connectivity index (χ1) is 6.42. The molecular formula is C11H13NO. The summed E-state index contributed by atoms with van der Waals surface area (Å²) >= 11 is 0. The second-order valence-corrected chi connectivity index (χ2v) is 3.41. The molecule has 2 nitrogen and oxygen atoms in total. The number of para-hydroxylation sites is 1. The normalized spacial score (nSPS) is 19.2. The molecule has 0 amide bonds. The van der Waals surface area contributed by atoms with E-state index in [9.17, 15) is 4.79 Å². The molecule has 68 valence electrons. The van der Waals surface area contributed by atoms with Crippen LogP contribution in [0.4, 0.5) is 5.69 Å². The van der Waals surface area contributed by atoms with Crippen LogP contribution in [0.25, 0.3) is 0 Å². The van der Waals surface area contributed by atoms with Crippen LogP contribution in [0.1, 0.15) is 24.3 Å². The minimum atomic E-state index is 0.529. The topological polar surface area (TPSA) is 29.1 Å². The van der Waals surface area contributed by atoms with E-state index in [4.69, 9.17) is 0 Å². The molecule has 1 aliphatic heterocycles. The summed E-state index contributed by atoms with van der Waals surface area (Å²) in [6.07, 6.45) is 2.63. The Labute approximate surface area is 78.0 Å². The molecule has 1 aromatic rings. The predicted molar refractivity (Wildman–Crippen MR) is 53.0 cm³/mol. The molecule has 0 aromatic heterocycles. The number of hydrogen-bond acceptors (Lipinski definition) is 2. The first-order valence-corrected chi connectivity index (χ1v) is 4.68. The number of nitrogens with one attached hydrogen (secondary N) is 1. The average molecular weight is 175 g/mol. The molecule has 0 fully saturated rings. The Hall–Kier alpha value is -1.31. The van der Waals surface area contributed by atoms with E-state index in [2.05, 4.69) is 23.5 Å². The van der Waals surface area contributed by atoms with E-state index >= 15 is 0 Å². The number of aldehydes is 1. The number of carbonyl (C=O) groups excluding carboxylic acids is 1. The number of fused-ring (bicyclic) bond motifs is 1. The van der Waals surface area contributed by atoms with Crippen LogP contribution in [0.3, 0.4) is 0 Å². The number of hydrogen-bond donors (Lipinski definition) is 1. The lowest BCUT2D eigenvalue weighted by Crippen LogP contribution is -2.01. The lowest BCUT2D eigenvalue weighted by molar-refractivity contribution is -0.108. The summed E-state index contributed by atoms with van der Waals surface area (Å²) in [6, 6.07) is 8.33. The van der Waals surface area contributed by atoms with E-state index in [0.29, 0.717) is 12.3 Å². The van der Waals surface area contributed by atoms with Gasteiger partial charge in [-0.15, -0.1) is 0 Å². The molecular weight excluding hydrogens is 162 g/mol. The third kappa shape index (κ3) is 1.57. The van der Waals surface area contributed by atoms with Crippen molar-refractivity contribution in [2.75, 3.05) is 11.9 Å². The van der Waals surface area contributed by atoms with Gasteiger partial charge in [0.15, 0.2) is 0 Å². The van der Waals surface area contributed by atoms with Gasteiger partial charge in [-0.05, 0) is 18.1 Å². The van der Waals surface area contributed by atoms with Gasteiger partial charge in [0.1, 0.15) is 6.29 Å². The molecule has 1 aromatic carbocycles. The molecule has 1 unspecified atom stereocenters. The molecule has 2 heteroatoms. The molecule has 0 spiro atoms. The molecule has 1 heterocycles. The summed E-state index contributed by atoms with van der Waals surface area (Å²) in [6.45, 7) is 0.979. The predicted octanol–water partition coefficient (Wildman–Crippen LogP) is 2.17. The van der Waals surface area contributed by atoms with Gasteiger partial charge in [0, 0.05) is 24.6 Å². The molecule has 0 saturated carbocycles. The van der Waals surface area contributed by atoms with Gasteiger partial charge < -0.3 is 10.1 Å². The summed E-state index contributed by atoms with van der Waals surface area (Å²) in [5.74, 6) is 0.529. The van der Waals surface area contributed by atoms with E-state index in [1.165, 1.54) is 11.3 Å². The van der Waals surface area contributed by atoms with E-state index < -0.39 is 0 Å². The highest BCUT2D eigenvalue weighted by atomic mass is 16.1. The van der Waals surface area contributed by atoms with Crippen molar-refractivity contribution in [3.8, 4) is 0 Å². The smallest absolute Gasteiger partial charge is 0.120 e. The maximum Gasteiger partial charge on any atom is 0.120 e. The Balaban J connectivity index is 2.13. The Morgan fingerprint density at radius 2 is 2.31 bits per heavy atom. The van der Waals surface area contributed by atoms with Crippen LogP contribution in [0.5, 0.6) is 0 Å². The van der Waals surface area contributed by atoms with Crippen molar-refractivity contribution >= 4 is 12.0 Å². The van der Waals surface area contributed by atoms with Crippen molar-refractivity contribution in [3.05, 3.63) is 29.8 Å². The third-order valence-electron chi connectivity index (χ3n) is 2.57. The minimum absolute atomic E-state index is 0.529. The van der Waals surface area contributed by atoms with Gasteiger partial charge in [0.2, 0.25) is 0 Å². The summed E-state index contributed by atoms with van der Waals surface area (Å²) < 4.78 is 0. The molecule has 1 aliphatic rings. The standard InChI is InChI=1S/C11H13NO/c13-7-3-4-9-8-12-11-6-2-1-5-10(9)11/h1-2,5-7,9,12H,3-4,8H2. The van der Waals surface area contributed by atoms with Crippen LogP contribution >= 0.6 is 0 Å². The lowest BCUT2D eigenvalue weighted by atomic mass is 9.97. The van der Waals surface area contributed by atoms with Crippen LogP contribution in [0.2, 0.25) is 0 Å². The highest BCUT2D eigenvalue weighted by Crippen LogP contribution is 2.33. The summed E-state index contributed by atoms with van der Waals surface area (Å²) in [5, 5.41) is 3.34. The molecule has 1 N–H and O–H groups in total. The molecule has 0 radical (unpaired) electrons. The average Bonchev–Trinajstić information content (AvgIpc) is 2.58. The highest BCUT2D eigenvalue weighted by Gasteiger charge is 2.20. The van der Waals surface area contributed by atoms with Gasteiger partial charge >= 0.3 is 0 Å². The molecule has 0 saturated heterocycles. The highest BCUT2D eigenvalue weighted by molar-refractivity contribution is 5.58. The Kier molecular flexibility index (Phi) is 2.30. The fraction of sp³-hybridized carbons (Fsp3) is 0.364. The fourth-order valence-electron chi connectivity index (χ4n) is 1.88. The van der Waals surface area contributed by atoms with Crippen molar-refractivity contribution in [3.63, 3.8) is 0 Å². The molecule has 13 heavy (non-hydrogen) atoms. The summed E-state index contributed by atoms with van der Waals surface area (Å²) in [5.41, 5.74) is 2.60. The molecule has 0 bridgehead atoms.